The maximum atomic E-state index is 13.3. The first-order chi connectivity index (χ1) is 12.3. The zero-order valence-electron chi connectivity index (χ0n) is 16.0. The summed E-state index contributed by atoms with van der Waals surface area (Å²) in [6.45, 7) is 6.65. The molecule has 0 aromatic carbocycles. The highest BCUT2D eigenvalue weighted by atomic mass is 19.3. The number of rotatable bonds is 3. The second kappa shape index (κ2) is 6.55. The van der Waals surface area contributed by atoms with Crippen LogP contribution < -0.4 is 0 Å². The molecule has 0 spiro atoms. The van der Waals surface area contributed by atoms with Crippen LogP contribution in [-0.2, 0) is 0 Å². The SMILES string of the molecule is C=C(CO)[C@H]1CC[C@H]2[C@@H]3CC[C@H]4C[C@@](O)(C(F)F)CC[C@@H]4[C@H]3CC[C@]12C. The lowest BCUT2D eigenvalue weighted by atomic mass is 9.48. The van der Waals surface area contributed by atoms with Crippen molar-refractivity contribution in [2.75, 3.05) is 6.61 Å². The van der Waals surface area contributed by atoms with Gasteiger partial charge >= 0.3 is 0 Å². The molecule has 4 fully saturated rings. The second-order valence-electron chi connectivity index (χ2n) is 10.1. The first-order valence-electron chi connectivity index (χ1n) is 10.6. The smallest absolute Gasteiger partial charge is 0.266 e. The van der Waals surface area contributed by atoms with E-state index in [4.69, 9.17) is 0 Å². The van der Waals surface area contributed by atoms with Gasteiger partial charge in [0.1, 0.15) is 5.60 Å². The van der Waals surface area contributed by atoms with Crippen LogP contribution in [0.5, 0.6) is 0 Å². The summed E-state index contributed by atoms with van der Waals surface area (Å²) in [5.74, 6) is 3.27. The van der Waals surface area contributed by atoms with E-state index in [9.17, 15) is 19.0 Å². The number of hydrogen-bond acceptors (Lipinski definition) is 2. The molecule has 4 heteroatoms. The molecule has 4 rings (SSSR count). The zero-order valence-corrected chi connectivity index (χ0v) is 16.0. The van der Waals surface area contributed by atoms with Gasteiger partial charge in [0.05, 0.1) is 6.61 Å². The van der Waals surface area contributed by atoms with Crippen molar-refractivity contribution in [2.45, 2.75) is 76.7 Å². The van der Waals surface area contributed by atoms with Crippen LogP contribution in [0.25, 0.3) is 0 Å². The molecule has 0 heterocycles. The summed E-state index contributed by atoms with van der Waals surface area (Å²) in [6, 6.07) is 0. The van der Waals surface area contributed by atoms with E-state index in [1.54, 1.807) is 0 Å². The number of fused-ring (bicyclic) bond motifs is 5. The highest BCUT2D eigenvalue weighted by Gasteiger charge is 2.58. The van der Waals surface area contributed by atoms with Gasteiger partial charge in [0.25, 0.3) is 6.43 Å². The van der Waals surface area contributed by atoms with Gasteiger partial charge in [-0.2, -0.15) is 0 Å². The minimum Gasteiger partial charge on any atom is -0.392 e. The Balaban J connectivity index is 1.52. The Bertz CT molecular complexity index is 564. The van der Waals surface area contributed by atoms with Crippen molar-refractivity contribution in [1.29, 1.82) is 0 Å². The van der Waals surface area contributed by atoms with E-state index in [1.807, 2.05) is 0 Å². The lowest BCUT2D eigenvalue weighted by Gasteiger charge is -2.57. The number of halogens is 2. The van der Waals surface area contributed by atoms with Gasteiger partial charge in [-0.1, -0.05) is 13.5 Å². The number of aliphatic hydroxyl groups is 2. The van der Waals surface area contributed by atoms with Crippen LogP contribution in [0.2, 0.25) is 0 Å². The Kier molecular flexibility index (Phi) is 4.75. The molecule has 0 bridgehead atoms. The Morgan fingerprint density at radius 3 is 2.46 bits per heavy atom. The summed E-state index contributed by atoms with van der Waals surface area (Å²) in [4.78, 5) is 0. The fourth-order valence-electron chi connectivity index (χ4n) is 7.89. The summed E-state index contributed by atoms with van der Waals surface area (Å²) in [6.07, 6.45) is 5.56. The summed E-state index contributed by atoms with van der Waals surface area (Å²) in [7, 11) is 0. The molecule has 0 aromatic rings. The van der Waals surface area contributed by atoms with Crippen LogP contribution in [0.4, 0.5) is 8.78 Å². The Hall–Kier alpha value is -0.480. The normalized spacial score (nSPS) is 50.8. The van der Waals surface area contributed by atoms with Gasteiger partial charge in [0, 0.05) is 0 Å². The Morgan fingerprint density at radius 1 is 1.04 bits per heavy atom. The highest BCUT2D eigenvalue weighted by molar-refractivity contribution is 5.15. The van der Waals surface area contributed by atoms with E-state index < -0.39 is 12.0 Å². The van der Waals surface area contributed by atoms with Crippen LogP contribution in [0, 0.1) is 40.9 Å². The molecule has 2 N–H and O–H groups in total. The van der Waals surface area contributed by atoms with Gasteiger partial charge in [-0.25, -0.2) is 8.78 Å². The predicted molar refractivity (Wildman–Crippen MR) is 97.8 cm³/mol. The third-order valence-electron chi connectivity index (χ3n) is 9.15. The van der Waals surface area contributed by atoms with Crippen LogP contribution in [0.15, 0.2) is 12.2 Å². The maximum Gasteiger partial charge on any atom is 0.266 e. The van der Waals surface area contributed by atoms with Gasteiger partial charge in [0.2, 0.25) is 0 Å². The molecule has 0 aliphatic heterocycles. The van der Waals surface area contributed by atoms with Crippen LogP contribution in [0.1, 0.15) is 64.7 Å². The quantitative estimate of drug-likeness (QED) is 0.703. The van der Waals surface area contributed by atoms with Crippen molar-refractivity contribution in [3.63, 3.8) is 0 Å². The molecule has 4 saturated carbocycles. The third kappa shape index (κ3) is 2.70. The molecule has 148 valence electrons. The second-order valence-corrected chi connectivity index (χ2v) is 10.1. The minimum atomic E-state index is -2.61. The van der Waals surface area contributed by atoms with Crippen molar-refractivity contribution in [3.05, 3.63) is 12.2 Å². The lowest BCUT2D eigenvalue weighted by Crippen LogP contribution is -2.52. The van der Waals surface area contributed by atoms with Gasteiger partial charge in [0.15, 0.2) is 0 Å². The van der Waals surface area contributed by atoms with Gasteiger partial charge in [-0.15, -0.1) is 0 Å². The summed E-state index contributed by atoms with van der Waals surface area (Å²) in [5.41, 5.74) is -0.484. The lowest BCUT2D eigenvalue weighted by molar-refractivity contribution is -0.159. The first-order valence-corrected chi connectivity index (χ1v) is 10.6. The molecular weight excluding hydrogens is 334 g/mol. The van der Waals surface area contributed by atoms with E-state index in [0.29, 0.717) is 36.0 Å². The summed E-state index contributed by atoms with van der Waals surface area (Å²) in [5, 5.41) is 19.9. The van der Waals surface area contributed by atoms with Crippen molar-refractivity contribution < 1.29 is 19.0 Å². The minimum absolute atomic E-state index is 0.0952. The molecule has 0 aromatic heterocycles. The van der Waals surface area contributed by atoms with Crippen molar-refractivity contribution in [2.24, 2.45) is 40.9 Å². The molecule has 2 nitrogen and oxygen atoms in total. The molecule has 4 aliphatic carbocycles. The van der Waals surface area contributed by atoms with Crippen molar-refractivity contribution in [3.8, 4) is 0 Å². The number of aliphatic hydroxyl groups excluding tert-OH is 1. The molecule has 4 aliphatic rings. The van der Waals surface area contributed by atoms with Crippen LogP contribution in [-0.4, -0.2) is 28.8 Å². The Labute approximate surface area is 156 Å². The van der Waals surface area contributed by atoms with E-state index in [-0.39, 0.29) is 24.4 Å². The van der Waals surface area contributed by atoms with E-state index >= 15 is 0 Å². The van der Waals surface area contributed by atoms with E-state index in [2.05, 4.69) is 13.5 Å². The standard InChI is InChI=1S/C22H34F2O2/c1-13(12-25)18-5-6-19-17-4-3-14-11-22(26,20(23)24)10-8-15(14)16(17)7-9-21(18,19)2/h14-20,25-26H,1,3-12H2,2H3/t14-,15-,16+,17+,18+,19-,21+,22+/m0/s1. The highest BCUT2D eigenvalue weighted by Crippen LogP contribution is 2.65. The molecule has 0 unspecified atom stereocenters. The van der Waals surface area contributed by atoms with Crippen molar-refractivity contribution in [1.82, 2.24) is 0 Å². The average Bonchev–Trinajstić information content (AvgIpc) is 2.97. The third-order valence-corrected chi connectivity index (χ3v) is 9.15. The number of alkyl halides is 2. The van der Waals surface area contributed by atoms with E-state index in [1.165, 1.54) is 19.3 Å². The zero-order chi connectivity index (χ0) is 18.7. The number of hydrogen-bond donors (Lipinski definition) is 2. The van der Waals surface area contributed by atoms with Crippen LogP contribution in [0.3, 0.4) is 0 Å². The molecule has 0 radical (unpaired) electrons. The van der Waals surface area contributed by atoms with Gasteiger partial charge in [-0.05, 0) is 104 Å². The average molecular weight is 369 g/mol. The van der Waals surface area contributed by atoms with E-state index in [0.717, 1.165) is 31.3 Å². The molecule has 0 saturated heterocycles. The van der Waals surface area contributed by atoms with Gasteiger partial charge in [-0.3, -0.25) is 0 Å². The largest absolute Gasteiger partial charge is 0.392 e. The van der Waals surface area contributed by atoms with Crippen molar-refractivity contribution >= 4 is 0 Å². The maximum absolute atomic E-state index is 13.3. The summed E-state index contributed by atoms with van der Waals surface area (Å²) >= 11 is 0. The molecular formula is C22H34F2O2. The van der Waals surface area contributed by atoms with Crippen LogP contribution >= 0.6 is 0 Å². The topological polar surface area (TPSA) is 40.5 Å². The Morgan fingerprint density at radius 2 is 1.77 bits per heavy atom. The molecule has 26 heavy (non-hydrogen) atoms. The summed E-state index contributed by atoms with van der Waals surface area (Å²) < 4.78 is 26.6. The molecule has 0 amide bonds. The fourth-order valence-corrected chi connectivity index (χ4v) is 7.89. The molecule has 8 atom stereocenters. The fraction of sp³-hybridized carbons (Fsp3) is 0.909. The first kappa shape index (κ1) is 18.9. The predicted octanol–water partition coefficient (Wildman–Crippen LogP) is 4.80. The van der Waals surface area contributed by atoms with Gasteiger partial charge < -0.3 is 10.2 Å². The monoisotopic (exact) mass is 368 g/mol.